The summed E-state index contributed by atoms with van der Waals surface area (Å²) in [6.45, 7) is 0.0858. The lowest BCUT2D eigenvalue weighted by molar-refractivity contribution is -0.158. The van der Waals surface area contributed by atoms with Crippen molar-refractivity contribution < 1.29 is 17.9 Å². The van der Waals surface area contributed by atoms with E-state index in [4.69, 9.17) is 10.5 Å². The summed E-state index contributed by atoms with van der Waals surface area (Å²) >= 11 is 4.50. The molecule has 0 aliphatic carbocycles. The molecule has 0 amide bonds. The first kappa shape index (κ1) is 16.7. The van der Waals surface area contributed by atoms with Crippen LogP contribution in [0.15, 0.2) is 24.3 Å². The van der Waals surface area contributed by atoms with Gasteiger partial charge in [-0.25, -0.2) is 0 Å². The molecule has 0 saturated heterocycles. The molecule has 1 unspecified atom stereocenters. The molecule has 2 N–H and O–H groups in total. The van der Waals surface area contributed by atoms with E-state index in [1.165, 1.54) is 12.0 Å². The number of hydrogen-bond acceptors (Lipinski definition) is 3. The molecule has 0 aliphatic heterocycles. The highest BCUT2D eigenvalue weighted by atomic mass is 32.1. The molecule has 1 rings (SSSR count). The minimum atomic E-state index is -4.42. The summed E-state index contributed by atoms with van der Waals surface area (Å²) in [6.07, 6.45) is -4.42. The second-order valence-corrected chi connectivity index (χ2v) is 5.02. The quantitative estimate of drug-likeness (QED) is 0.820. The van der Waals surface area contributed by atoms with Gasteiger partial charge >= 0.3 is 6.18 Å². The average Bonchev–Trinajstić information content (AvgIpc) is 2.34. The van der Waals surface area contributed by atoms with E-state index in [-0.39, 0.29) is 6.54 Å². The van der Waals surface area contributed by atoms with E-state index >= 15 is 0 Å². The molecule has 0 aliphatic rings. The number of nitrogens with two attached hydrogens (primary N) is 1. The Kier molecular flexibility index (Phi) is 5.76. The van der Waals surface area contributed by atoms with Gasteiger partial charge in [-0.05, 0) is 24.7 Å². The van der Waals surface area contributed by atoms with Crippen LogP contribution < -0.4 is 10.5 Å². The van der Waals surface area contributed by atoms with Gasteiger partial charge in [0.15, 0.2) is 0 Å². The van der Waals surface area contributed by atoms with E-state index in [9.17, 15) is 13.2 Å². The Morgan fingerprint density at radius 1 is 1.45 bits per heavy atom. The first-order chi connectivity index (χ1) is 9.24. The number of methoxy groups -OCH3 is 1. The fraction of sp³-hybridized carbons (Fsp3) is 0.462. The summed E-state index contributed by atoms with van der Waals surface area (Å²) in [5.74, 6) is -1.13. The Balaban J connectivity index is 2.70. The number of halogens is 3. The van der Waals surface area contributed by atoms with E-state index in [0.29, 0.717) is 12.3 Å². The second kappa shape index (κ2) is 6.90. The van der Waals surface area contributed by atoms with E-state index in [1.54, 1.807) is 25.2 Å². The first-order valence-corrected chi connectivity index (χ1v) is 6.32. The maximum Gasteiger partial charge on any atom is 0.399 e. The van der Waals surface area contributed by atoms with Crippen LogP contribution >= 0.6 is 12.2 Å². The minimum absolute atomic E-state index is 0.268. The van der Waals surface area contributed by atoms with Crippen LogP contribution in [0, 0.1) is 5.92 Å². The number of thiocarbonyl (C=S) groups is 1. The molecule has 0 fully saturated rings. The van der Waals surface area contributed by atoms with Crippen LogP contribution in [0.5, 0.6) is 5.75 Å². The molecule has 1 aromatic carbocycles. The van der Waals surface area contributed by atoms with Gasteiger partial charge in [-0.3, -0.25) is 0 Å². The third kappa shape index (κ3) is 4.97. The molecule has 0 bridgehead atoms. The highest BCUT2D eigenvalue weighted by molar-refractivity contribution is 7.80. The molecule has 1 aromatic rings. The van der Waals surface area contributed by atoms with Gasteiger partial charge in [-0.15, -0.1) is 0 Å². The lowest BCUT2D eigenvalue weighted by atomic mass is 10.1. The monoisotopic (exact) mass is 306 g/mol. The van der Waals surface area contributed by atoms with Gasteiger partial charge in [0.1, 0.15) is 11.7 Å². The fourth-order valence-corrected chi connectivity index (χ4v) is 2.02. The number of rotatable bonds is 6. The van der Waals surface area contributed by atoms with E-state index in [1.807, 2.05) is 6.07 Å². The third-order valence-electron chi connectivity index (χ3n) is 2.82. The lowest BCUT2D eigenvalue weighted by Gasteiger charge is -2.25. The third-order valence-corrected chi connectivity index (χ3v) is 3.10. The summed E-state index contributed by atoms with van der Waals surface area (Å²) in [7, 11) is 3.13. The molecule has 0 heterocycles. The van der Waals surface area contributed by atoms with Crippen molar-refractivity contribution in [1.82, 2.24) is 4.90 Å². The van der Waals surface area contributed by atoms with Crippen molar-refractivity contribution in [3.05, 3.63) is 29.8 Å². The molecular weight excluding hydrogens is 289 g/mol. The molecular formula is C13H17F3N2OS. The minimum Gasteiger partial charge on any atom is -0.497 e. The maximum absolute atomic E-state index is 12.8. The van der Waals surface area contributed by atoms with Crippen LogP contribution in [0.25, 0.3) is 0 Å². The topological polar surface area (TPSA) is 38.5 Å². The second-order valence-electron chi connectivity index (χ2n) is 4.54. The average molecular weight is 306 g/mol. The summed E-state index contributed by atoms with van der Waals surface area (Å²) in [6, 6.07) is 7.16. The van der Waals surface area contributed by atoms with E-state index in [0.717, 1.165) is 5.56 Å². The van der Waals surface area contributed by atoms with Crippen molar-refractivity contribution in [3.63, 3.8) is 0 Å². The molecule has 7 heteroatoms. The zero-order valence-corrected chi connectivity index (χ0v) is 12.1. The number of benzene rings is 1. The molecule has 20 heavy (non-hydrogen) atoms. The van der Waals surface area contributed by atoms with Crippen LogP contribution in [-0.2, 0) is 6.54 Å². The van der Waals surface area contributed by atoms with Gasteiger partial charge in [0.25, 0.3) is 0 Å². The van der Waals surface area contributed by atoms with Crippen molar-refractivity contribution in [2.75, 3.05) is 20.7 Å². The Bertz CT molecular complexity index is 465. The smallest absolute Gasteiger partial charge is 0.399 e. The van der Waals surface area contributed by atoms with Crippen molar-refractivity contribution in [2.24, 2.45) is 11.7 Å². The predicted molar refractivity (Wildman–Crippen MR) is 75.7 cm³/mol. The lowest BCUT2D eigenvalue weighted by Crippen LogP contribution is -2.42. The van der Waals surface area contributed by atoms with Crippen LogP contribution in [0.2, 0.25) is 0 Å². The largest absolute Gasteiger partial charge is 0.497 e. The predicted octanol–water partition coefficient (Wildman–Crippen LogP) is 2.59. The highest BCUT2D eigenvalue weighted by Crippen LogP contribution is 2.27. The molecule has 3 nitrogen and oxygen atoms in total. The van der Waals surface area contributed by atoms with Gasteiger partial charge in [-0.1, -0.05) is 24.4 Å². The van der Waals surface area contributed by atoms with Crippen LogP contribution in [0.1, 0.15) is 5.56 Å². The van der Waals surface area contributed by atoms with Crippen LogP contribution in [0.3, 0.4) is 0 Å². The number of hydrogen-bond donors (Lipinski definition) is 1. The Hall–Kier alpha value is -1.34. The van der Waals surface area contributed by atoms with Crippen molar-refractivity contribution in [1.29, 1.82) is 0 Å². The maximum atomic E-state index is 12.8. The highest BCUT2D eigenvalue weighted by Gasteiger charge is 2.42. The standard InChI is InChI=1S/C13H17F3N2OS/c1-18(8-11(12(17)20)13(14,15)16)7-9-4-3-5-10(6-9)19-2/h3-6,11H,7-8H2,1-2H3,(H2,17,20). The molecule has 0 aromatic heterocycles. The van der Waals surface area contributed by atoms with E-state index in [2.05, 4.69) is 12.2 Å². The Morgan fingerprint density at radius 3 is 2.60 bits per heavy atom. The van der Waals surface area contributed by atoms with Gasteiger partial charge in [0, 0.05) is 13.1 Å². The normalized spacial score (nSPS) is 13.3. The van der Waals surface area contributed by atoms with Crippen molar-refractivity contribution in [3.8, 4) is 5.75 Å². The van der Waals surface area contributed by atoms with Gasteiger partial charge < -0.3 is 15.4 Å². The van der Waals surface area contributed by atoms with Gasteiger partial charge in [0.2, 0.25) is 0 Å². The summed E-state index contributed by atoms with van der Waals surface area (Å²) in [5.41, 5.74) is 6.03. The molecule has 1 atom stereocenters. The summed E-state index contributed by atoms with van der Waals surface area (Å²) in [5, 5.41) is 0. The van der Waals surface area contributed by atoms with Crippen LogP contribution in [-0.4, -0.2) is 36.8 Å². The summed E-state index contributed by atoms with van der Waals surface area (Å²) in [4.78, 5) is 1.00. The van der Waals surface area contributed by atoms with Crippen molar-refractivity contribution in [2.45, 2.75) is 12.7 Å². The Labute approximate surface area is 121 Å². The molecule has 0 saturated carbocycles. The van der Waals surface area contributed by atoms with Crippen LogP contribution in [0.4, 0.5) is 13.2 Å². The zero-order valence-electron chi connectivity index (χ0n) is 11.3. The first-order valence-electron chi connectivity index (χ1n) is 5.91. The molecule has 0 radical (unpaired) electrons. The van der Waals surface area contributed by atoms with E-state index < -0.39 is 17.1 Å². The molecule has 112 valence electrons. The SMILES string of the molecule is COc1cccc(CN(C)CC(C(N)=S)C(F)(F)F)c1. The molecule has 0 spiro atoms. The Morgan fingerprint density at radius 2 is 2.10 bits per heavy atom. The number of alkyl halides is 3. The number of nitrogens with zero attached hydrogens (tertiary/aromatic N) is 1. The van der Waals surface area contributed by atoms with Crippen molar-refractivity contribution >= 4 is 17.2 Å². The summed E-state index contributed by atoms with van der Waals surface area (Å²) < 4.78 is 43.4. The van der Waals surface area contributed by atoms with Gasteiger partial charge in [0.05, 0.1) is 12.1 Å². The fourth-order valence-electron chi connectivity index (χ4n) is 1.81. The van der Waals surface area contributed by atoms with Gasteiger partial charge in [-0.2, -0.15) is 13.2 Å². The number of ether oxygens (including phenoxy) is 1. The zero-order chi connectivity index (χ0) is 15.3.